The molecule has 4 rings (SSSR count). The second-order valence-corrected chi connectivity index (χ2v) is 8.19. The van der Waals surface area contributed by atoms with Crippen LogP contribution in [0.1, 0.15) is 74.5 Å². The van der Waals surface area contributed by atoms with Gasteiger partial charge in [0.25, 0.3) is 5.91 Å². The van der Waals surface area contributed by atoms with Crippen molar-refractivity contribution in [2.45, 2.75) is 65.6 Å². The van der Waals surface area contributed by atoms with E-state index in [1.165, 1.54) is 4.90 Å². The van der Waals surface area contributed by atoms with Crippen molar-refractivity contribution < 1.29 is 19.1 Å². The third-order valence-corrected chi connectivity index (χ3v) is 5.99. The molecule has 2 aliphatic rings. The number of fused-ring (bicyclic) bond motifs is 1. The number of carbonyl (C=O) groups is 2. The van der Waals surface area contributed by atoms with Crippen molar-refractivity contribution in [2.24, 2.45) is 10.7 Å². The molecule has 0 aliphatic carbocycles. The molecule has 2 aliphatic heterocycles. The van der Waals surface area contributed by atoms with E-state index in [0.29, 0.717) is 42.9 Å². The van der Waals surface area contributed by atoms with Crippen molar-refractivity contribution >= 4 is 17.8 Å². The maximum absolute atomic E-state index is 13.1. The highest BCUT2D eigenvalue weighted by atomic mass is 16.5. The van der Waals surface area contributed by atoms with Crippen LogP contribution in [0.4, 0.5) is 0 Å². The van der Waals surface area contributed by atoms with Crippen LogP contribution in [0, 0.1) is 0 Å². The Morgan fingerprint density at radius 3 is 2.71 bits per heavy atom. The summed E-state index contributed by atoms with van der Waals surface area (Å²) < 4.78 is 11.5. The van der Waals surface area contributed by atoms with Crippen molar-refractivity contribution in [3.8, 4) is 11.5 Å². The van der Waals surface area contributed by atoms with E-state index in [2.05, 4.69) is 10.3 Å². The van der Waals surface area contributed by atoms with Crippen molar-refractivity contribution in [1.82, 2.24) is 10.2 Å². The van der Waals surface area contributed by atoms with E-state index < -0.39 is 0 Å². The lowest BCUT2D eigenvalue weighted by Gasteiger charge is -2.29. The molecule has 0 fully saturated rings. The zero-order chi connectivity index (χ0) is 25.4. The minimum Gasteiger partial charge on any atom is -0.494 e. The molecule has 2 amide bonds. The molecule has 2 aromatic rings. The molecular weight excluding hydrogens is 444 g/mol. The smallest absolute Gasteiger partial charge is 0.251 e. The maximum atomic E-state index is 13.1. The molecule has 2 atom stereocenters. The Hall–Kier alpha value is -3.55. The summed E-state index contributed by atoms with van der Waals surface area (Å²) >= 11 is 0. The zero-order valence-electron chi connectivity index (χ0n) is 21.0. The molecule has 188 valence electrons. The molecule has 0 spiro atoms. The standard InChI is InChI=1S/C25H30N4O4.C2H6/c1-3-18-14-23(30)29(25(26)27-18)15-17-13-16(9-10-21(17)32-4-2)24(31)28-20-11-12-33-22-8-6-5-7-19(20)22;1-2/h5-10,13,18,20H,3-4,11-12,14-15H2,1-2H3,(H2,26,27)(H,28,31);1-2H3. The predicted octanol–water partition coefficient (Wildman–Crippen LogP) is 4.19. The van der Waals surface area contributed by atoms with E-state index in [0.717, 1.165) is 17.7 Å². The third kappa shape index (κ3) is 6.12. The Kier molecular flexibility index (Phi) is 9.11. The summed E-state index contributed by atoms with van der Waals surface area (Å²) in [4.78, 5) is 31.7. The topological polar surface area (TPSA) is 106 Å². The lowest BCUT2D eigenvalue weighted by atomic mass is 10.00. The largest absolute Gasteiger partial charge is 0.494 e. The van der Waals surface area contributed by atoms with Gasteiger partial charge in [0, 0.05) is 29.5 Å². The molecule has 2 aromatic carbocycles. The molecule has 8 nitrogen and oxygen atoms in total. The van der Waals surface area contributed by atoms with Gasteiger partial charge in [-0.3, -0.25) is 14.5 Å². The minimum absolute atomic E-state index is 0.0783. The molecule has 0 bridgehead atoms. The molecule has 3 N–H and O–H groups in total. The van der Waals surface area contributed by atoms with Gasteiger partial charge in [-0.15, -0.1) is 0 Å². The van der Waals surface area contributed by atoms with E-state index in [1.807, 2.05) is 52.0 Å². The third-order valence-electron chi connectivity index (χ3n) is 5.99. The van der Waals surface area contributed by atoms with Gasteiger partial charge < -0.3 is 20.5 Å². The number of nitrogens with zero attached hydrogens (tertiary/aromatic N) is 2. The van der Waals surface area contributed by atoms with Crippen LogP contribution in [0.3, 0.4) is 0 Å². The predicted molar refractivity (Wildman–Crippen MR) is 137 cm³/mol. The van der Waals surface area contributed by atoms with E-state index >= 15 is 0 Å². The van der Waals surface area contributed by atoms with E-state index in [-0.39, 0.29) is 36.4 Å². The molecule has 0 saturated carbocycles. The Balaban J connectivity index is 0.00000167. The number of rotatable bonds is 7. The van der Waals surface area contributed by atoms with E-state index in [1.54, 1.807) is 18.2 Å². The number of aliphatic imine (C=N–C) groups is 1. The number of nitrogens with one attached hydrogen (secondary N) is 1. The quantitative estimate of drug-likeness (QED) is 0.618. The monoisotopic (exact) mass is 480 g/mol. The lowest BCUT2D eigenvalue weighted by Crippen LogP contribution is -2.46. The zero-order valence-corrected chi connectivity index (χ0v) is 21.0. The number of hydrogen-bond acceptors (Lipinski definition) is 6. The van der Waals surface area contributed by atoms with Gasteiger partial charge in [0.15, 0.2) is 5.96 Å². The number of ether oxygens (including phenoxy) is 2. The van der Waals surface area contributed by atoms with E-state index in [9.17, 15) is 9.59 Å². The van der Waals surface area contributed by atoms with Crippen molar-refractivity contribution in [1.29, 1.82) is 0 Å². The number of guanidine groups is 1. The number of para-hydroxylation sites is 1. The van der Waals surface area contributed by atoms with Crippen LogP contribution < -0.4 is 20.5 Å². The first-order valence-electron chi connectivity index (χ1n) is 12.4. The number of hydrogen-bond donors (Lipinski definition) is 2. The molecule has 0 saturated heterocycles. The van der Waals surface area contributed by atoms with Crippen LogP contribution in [-0.4, -0.2) is 41.9 Å². The number of amides is 2. The second kappa shape index (κ2) is 12.2. The average Bonchev–Trinajstić information content (AvgIpc) is 2.88. The molecule has 2 heterocycles. The van der Waals surface area contributed by atoms with E-state index in [4.69, 9.17) is 15.2 Å². The van der Waals surface area contributed by atoms with Gasteiger partial charge in [-0.1, -0.05) is 39.0 Å². The summed E-state index contributed by atoms with van der Waals surface area (Å²) in [6, 6.07) is 12.8. The highest BCUT2D eigenvalue weighted by molar-refractivity contribution is 5.98. The molecule has 2 unspecified atom stereocenters. The number of carbonyl (C=O) groups excluding carboxylic acids is 2. The fourth-order valence-corrected chi connectivity index (χ4v) is 4.19. The van der Waals surface area contributed by atoms with Gasteiger partial charge in [-0.05, 0) is 37.6 Å². The second-order valence-electron chi connectivity index (χ2n) is 8.19. The van der Waals surface area contributed by atoms with Crippen molar-refractivity contribution in [2.75, 3.05) is 13.2 Å². The van der Waals surface area contributed by atoms with Gasteiger partial charge in [0.05, 0.1) is 31.8 Å². The van der Waals surface area contributed by atoms with Gasteiger partial charge >= 0.3 is 0 Å². The van der Waals surface area contributed by atoms with Crippen LogP contribution in [0.25, 0.3) is 0 Å². The van der Waals surface area contributed by atoms with Crippen molar-refractivity contribution in [3.05, 3.63) is 59.2 Å². The van der Waals surface area contributed by atoms with Crippen LogP contribution >= 0.6 is 0 Å². The fraction of sp³-hybridized carbons (Fsp3) is 0.444. The Labute approximate surface area is 207 Å². The molecular formula is C27H36N4O4. The summed E-state index contributed by atoms with van der Waals surface area (Å²) in [6.45, 7) is 9.08. The SMILES string of the molecule is CC.CCOc1ccc(C(=O)NC2CCOc3ccccc32)cc1CN1C(=O)CC(CC)N=C1N. The van der Waals surface area contributed by atoms with Gasteiger partial charge in [0.2, 0.25) is 5.91 Å². The number of nitrogens with two attached hydrogens (primary N) is 1. The highest BCUT2D eigenvalue weighted by Gasteiger charge is 2.28. The first-order chi connectivity index (χ1) is 17.0. The molecule has 0 radical (unpaired) electrons. The fourth-order valence-electron chi connectivity index (χ4n) is 4.19. The maximum Gasteiger partial charge on any atom is 0.251 e. The van der Waals surface area contributed by atoms with Crippen LogP contribution in [0.15, 0.2) is 47.5 Å². The summed E-state index contributed by atoms with van der Waals surface area (Å²) in [7, 11) is 0. The molecule has 8 heteroatoms. The summed E-state index contributed by atoms with van der Waals surface area (Å²) in [5, 5.41) is 3.12. The lowest BCUT2D eigenvalue weighted by molar-refractivity contribution is -0.128. The van der Waals surface area contributed by atoms with Crippen molar-refractivity contribution in [3.63, 3.8) is 0 Å². The summed E-state index contributed by atoms with van der Waals surface area (Å²) in [5.74, 6) is 1.34. The highest BCUT2D eigenvalue weighted by Crippen LogP contribution is 2.32. The van der Waals surface area contributed by atoms with Crippen LogP contribution in [-0.2, 0) is 11.3 Å². The summed E-state index contributed by atoms with van der Waals surface area (Å²) in [5.41, 5.74) is 8.26. The van der Waals surface area contributed by atoms with Gasteiger partial charge in [-0.2, -0.15) is 0 Å². The normalized spacial score (nSPS) is 18.9. The molecule has 0 aromatic heterocycles. The van der Waals surface area contributed by atoms with Crippen LogP contribution in [0.5, 0.6) is 11.5 Å². The minimum atomic E-state index is -0.196. The first kappa shape index (κ1) is 26.1. The van der Waals surface area contributed by atoms with Crippen LogP contribution in [0.2, 0.25) is 0 Å². The molecule has 35 heavy (non-hydrogen) atoms. The average molecular weight is 481 g/mol. The van der Waals surface area contributed by atoms with Gasteiger partial charge in [0.1, 0.15) is 11.5 Å². The Bertz CT molecular complexity index is 1070. The Morgan fingerprint density at radius 2 is 2.00 bits per heavy atom. The first-order valence-corrected chi connectivity index (χ1v) is 12.4. The van der Waals surface area contributed by atoms with Gasteiger partial charge in [-0.25, -0.2) is 4.99 Å². The Morgan fingerprint density at radius 1 is 1.23 bits per heavy atom. The summed E-state index contributed by atoms with van der Waals surface area (Å²) in [6.07, 6.45) is 1.78. The number of benzene rings is 2.